The average Bonchev–Trinajstić information content (AvgIpc) is 3.29. The van der Waals surface area contributed by atoms with Crippen molar-refractivity contribution in [3.63, 3.8) is 0 Å². The number of methoxy groups -OCH3 is 2. The van der Waals surface area contributed by atoms with Crippen LogP contribution in [0.25, 0.3) is 11.3 Å². The van der Waals surface area contributed by atoms with Crippen LogP contribution in [0.5, 0.6) is 11.5 Å². The number of nitrogens with zero attached hydrogens (tertiary/aromatic N) is 1. The minimum atomic E-state index is -0.663. The van der Waals surface area contributed by atoms with Crippen molar-refractivity contribution in [1.29, 1.82) is 0 Å². The molecular weight excluding hydrogens is 446 g/mol. The van der Waals surface area contributed by atoms with Crippen LogP contribution in [0.2, 0.25) is 0 Å². The Bertz CT molecular complexity index is 1060. The molecule has 3 aromatic rings. The van der Waals surface area contributed by atoms with Gasteiger partial charge in [0.1, 0.15) is 6.04 Å². The molecule has 168 valence electrons. The molecular formula is C23H25N3O4S2. The summed E-state index contributed by atoms with van der Waals surface area (Å²) in [6, 6.07) is 13.7. The van der Waals surface area contributed by atoms with Gasteiger partial charge in [0.05, 0.1) is 19.9 Å². The quantitative estimate of drug-likeness (QED) is 0.458. The Morgan fingerprint density at radius 2 is 1.84 bits per heavy atom. The van der Waals surface area contributed by atoms with Gasteiger partial charge >= 0.3 is 0 Å². The molecule has 0 saturated carbocycles. The van der Waals surface area contributed by atoms with Crippen LogP contribution in [-0.2, 0) is 4.79 Å². The van der Waals surface area contributed by atoms with E-state index in [2.05, 4.69) is 15.6 Å². The number of hydrogen-bond acceptors (Lipinski definition) is 7. The van der Waals surface area contributed by atoms with E-state index < -0.39 is 6.04 Å². The summed E-state index contributed by atoms with van der Waals surface area (Å²) >= 11 is 2.94. The van der Waals surface area contributed by atoms with Gasteiger partial charge in [-0.3, -0.25) is 9.59 Å². The highest BCUT2D eigenvalue weighted by Crippen LogP contribution is 2.33. The van der Waals surface area contributed by atoms with Crippen LogP contribution in [0.4, 0.5) is 5.13 Å². The fraction of sp³-hybridized carbons (Fsp3) is 0.261. The molecule has 0 aliphatic carbocycles. The predicted molar refractivity (Wildman–Crippen MR) is 130 cm³/mol. The van der Waals surface area contributed by atoms with Crippen molar-refractivity contribution < 1.29 is 19.1 Å². The minimum absolute atomic E-state index is 0.281. The van der Waals surface area contributed by atoms with Gasteiger partial charge in [0.15, 0.2) is 16.6 Å². The van der Waals surface area contributed by atoms with Gasteiger partial charge in [0.2, 0.25) is 5.91 Å². The number of thioether (sulfide) groups is 1. The Balaban J connectivity index is 1.71. The first-order chi connectivity index (χ1) is 15.5. The van der Waals surface area contributed by atoms with Gasteiger partial charge in [-0.05, 0) is 48.8 Å². The lowest BCUT2D eigenvalue weighted by atomic mass is 10.1. The molecule has 2 aromatic carbocycles. The highest BCUT2D eigenvalue weighted by Gasteiger charge is 2.22. The van der Waals surface area contributed by atoms with Crippen molar-refractivity contribution >= 4 is 40.0 Å². The first kappa shape index (κ1) is 23.6. The fourth-order valence-electron chi connectivity index (χ4n) is 2.99. The maximum absolute atomic E-state index is 12.9. The van der Waals surface area contributed by atoms with Crippen LogP contribution in [0.3, 0.4) is 0 Å². The molecule has 2 amide bonds. The van der Waals surface area contributed by atoms with Gasteiger partial charge in [-0.1, -0.05) is 18.2 Å². The van der Waals surface area contributed by atoms with E-state index in [9.17, 15) is 9.59 Å². The van der Waals surface area contributed by atoms with Crippen molar-refractivity contribution in [2.75, 3.05) is 31.5 Å². The Hall–Kier alpha value is -3.04. The first-order valence-electron chi connectivity index (χ1n) is 9.89. The van der Waals surface area contributed by atoms with Crippen LogP contribution < -0.4 is 20.1 Å². The molecule has 1 unspecified atom stereocenters. The Labute approximate surface area is 195 Å². The third-order valence-corrected chi connectivity index (χ3v) is 6.08. The predicted octanol–water partition coefficient (Wildman–Crippen LogP) is 4.32. The van der Waals surface area contributed by atoms with Crippen molar-refractivity contribution in [1.82, 2.24) is 10.3 Å². The van der Waals surface area contributed by atoms with Gasteiger partial charge < -0.3 is 20.1 Å². The minimum Gasteiger partial charge on any atom is -0.493 e. The molecule has 2 N–H and O–H groups in total. The molecule has 0 spiro atoms. The van der Waals surface area contributed by atoms with E-state index in [1.807, 2.05) is 35.9 Å². The zero-order chi connectivity index (χ0) is 22.9. The molecule has 9 heteroatoms. The molecule has 1 atom stereocenters. The number of benzene rings is 2. The summed E-state index contributed by atoms with van der Waals surface area (Å²) in [4.78, 5) is 30.0. The second kappa shape index (κ2) is 11.5. The van der Waals surface area contributed by atoms with E-state index in [0.29, 0.717) is 34.3 Å². The van der Waals surface area contributed by atoms with Crippen LogP contribution in [0.15, 0.2) is 53.9 Å². The van der Waals surface area contributed by atoms with Crippen LogP contribution in [0, 0.1) is 0 Å². The number of amides is 2. The van der Waals surface area contributed by atoms with Gasteiger partial charge in [-0.25, -0.2) is 4.98 Å². The maximum Gasteiger partial charge on any atom is 0.251 e. The number of anilines is 1. The SMILES string of the molecule is COc1ccc(-c2csc(NC(=O)C(CCSC)NC(=O)c3ccccc3)n2)cc1OC. The second-order valence-electron chi connectivity index (χ2n) is 6.77. The largest absolute Gasteiger partial charge is 0.493 e. The molecule has 0 radical (unpaired) electrons. The van der Waals surface area contributed by atoms with Crippen LogP contribution in [-0.4, -0.2) is 49.1 Å². The number of thiazole rings is 1. The summed E-state index contributed by atoms with van der Waals surface area (Å²) in [5.41, 5.74) is 2.07. The zero-order valence-corrected chi connectivity index (χ0v) is 19.7. The average molecular weight is 472 g/mol. The van der Waals surface area contributed by atoms with Crippen molar-refractivity contribution in [2.24, 2.45) is 0 Å². The van der Waals surface area contributed by atoms with Crippen molar-refractivity contribution in [3.05, 3.63) is 59.5 Å². The summed E-state index contributed by atoms with van der Waals surface area (Å²) in [5, 5.41) is 7.99. The first-order valence-corrected chi connectivity index (χ1v) is 12.2. The lowest BCUT2D eigenvalue weighted by molar-refractivity contribution is -0.118. The molecule has 0 fully saturated rings. The summed E-state index contributed by atoms with van der Waals surface area (Å²) in [6.07, 6.45) is 2.48. The molecule has 7 nitrogen and oxygen atoms in total. The molecule has 1 heterocycles. The van der Waals surface area contributed by atoms with Gasteiger partial charge in [-0.15, -0.1) is 11.3 Å². The van der Waals surface area contributed by atoms with E-state index in [1.54, 1.807) is 50.2 Å². The molecule has 0 saturated heterocycles. The number of ether oxygens (including phenoxy) is 2. The Kier molecular flexibility index (Phi) is 8.52. The van der Waals surface area contributed by atoms with Crippen molar-refractivity contribution in [2.45, 2.75) is 12.5 Å². The van der Waals surface area contributed by atoms with Crippen molar-refractivity contribution in [3.8, 4) is 22.8 Å². The molecule has 0 aliphatic heterocycles. The van der Waals surface area contributed by atoms with E-state index in [4.69, 9.17) is 9.47 Å². The van der Waals surface area contributed by atoms with E-state index in [-0.39, 0.29) is 11.8 Å². The van der Waals surface area contributed by atoms with E-state index in [0.717, 1.165) is 11.3 Å². The number of carbonyl (C=O) groups is 2. The third-order valence-electron chi connectivity index (χ3n) is 4.68. The second-order valence-corrected chi connectivity index (χ2v) is 8.61. The molecule has 0 aliphatic rings. The number of nitrogens with one attached hydrogen (secondary N) is 2. The normalized spacial score (nSPS) is 11.5. The highest BCUT2D eigenvalue weighted by molar-refractivity contribution is 7.98. The van der Waals surface area contributed by atoms with Gasteiger partial charge in [0.25, 0.3) is 5.91 Å². The highest BCUT2D eigenvalue weighted by atomic mass is 32.2. The molecule has 1 aromatic heterocycles. The topological polar surface area (TPSA) is 89.6 Å². The summed E-state index contributed by atoms with van der Waals surface area (Å²) in [6.45, 7) is 0. The Morgan fingerprint density at radius 1 is 1.09 bits per heavy atom. The molecule has 3 rings (SSSR count). The lowest BCUT2D eigenvalue weighted by Gasteiger charge is -2.17. The standard InChI is InChI=1S/C23H25N3O4S2/c1-29-19-10-9-16(13-20(19)30-2)18-14-32-23(25-18)26-22(28)17(11-12-31-3)24-21(27)15-7-5-4-6-8-15/h4-10,13-14,17H,11-12H2,1-3H3,(H,24,27)(H,25,26,28). The molecule has 0 bridgehead atoms. The fourth-order valence-corrected chi connectivity index (χ4v) is 4.18. The smallest absolute Gasteiger partial charge is 0.251 e. The number of rotatable bonds is 10. The zero-order valence-electron chi connectivity index (χ0n) is 18.1. The summed E-state index contributed by atoms with van der Waals surface area (Å²) < 4.78 is 10.6. The lowest BCUT2D eigenvalue weighted by Crippen LogP contribution is -2.44. The number of carbonyl (C=O) groups excluding carboxylic acids is 2. The van der Waals surface area contributed by atoms with Gasteiger partial charge in [0, 0.05) is 16.5 Å². The van der Waals surface area contributed by atoms with Crippen LogP contribution >= 0.6 is 23.1 Å². The van der Waals surface area contributed by atoms with E-state index >= 15 is 0 Å². The van der Waals surface area contributed by atoms with Crippen LogP contribution in [0.1, 0.15) is 16.8 Å². The Morgan fingerprint density at radius 3 is 2.53 bits per heavy atom. The third kappa shape index (κ3) is 6.02. The summed E-state index contributed by atoms with van der Waals surface area (Å²) in [5.74, 6) is 1.39. The van der Waals surface area contributed by atoms with Gasteiger partial charge in [-0.2, -0.15) is 11.8 Å². The monoisotopic (exact) mass is 471 g/mol. The van der Waals surface area contributed by atoms with E-state index in [1.165, 1.54) is 11.3 Å². The number of aromatic nitrogens is 1. The molecule has 32 heavy (non-hydrogen) atoms. The number of hydrogen-bond donors (Lipinski definition) is 2. The summed E-state index contributed by atoms with van der Waals surface area (Å²) in [7, 11) is 3.16. The maximum atomic E-state index is 12.9.